The molecule has 0 fully saturated rings. The van der Waals surface area contributed by atoms with Gasteiger partial charge in [0, 0.05) is 23.7 Å². The Morgan fingerprint density at radius 2 is 2.10 bits per heavy atom. The van der Waals surface area contributed by atoms with E-state index in [1.807, 2.05) is 25.1 Å². The number of fused-ring (bicyclic) bond motifs is 1. The molecule has 0 aliphatic heterocycles. The Morgan fingerprint density at radius 3 is 2.71 bits per heavy atom. The van der Waals surface area contributed by atoms with Gasteiger partial charge in [-0.3, -0.25) is 9.59 Å². The van der Waals surface area contributed by atoms with Crippen molar-refractivity contribution in [1.29, 1.82) is 0 Å². The fourth-order valence-corrected chi connectivity index (χ4v) is 2.37. The van der Waals surface area contributed by atoms with Gasteiger partial charge in [0.2, 0.25) is 5.91 Å². The van der Waals surface area contributed by atoms with Crippen molar-refractivity contribution in [2.45, 2.75) is 26.8 Å². The average Bonchev–Trinajstić information content (AvgIpc) is 2.84. The molecule has 1 N–H and O–H groups in total. The van der Waals surface area contributed by atoms with Crippen molar-refractivity contribution < 1.29 is 14.3 Å². The first-order valence-corrected chi connectivity index (χ1v) is 7.02. The van der Waals surface area contributed by atoms with E-state index in [2.05, 4.69) is 5.32 Å². The fraction of sp³-hybridized carbons (Fsp3) is 0.375. The summed E-state index contributed by atoms with van der Waals surface area (Å²) in [4.78, 5) is 23.7. The van der Waals surface area contributed by atoms with Gasteiger partial charge in [0.1, 0.15) is 12.3 Å². The number of rotatable bonds is 6. The second kappa shape index (κ2) is 6.43. The molecule has 2 aromatic rings. The number of methoxy groups -OCH3 is 1. The summed E-state index contributed by atoms with van der Waals surface area (Å²) in [6.45, 7) is 4.34. The van der Waals surface area contributed by atoms with Crippen LogP contribution in [0, 0.1) is 0 Å². The molecule has 0 aliphatic carbocycles. The summed E-state index contributed by atoms with van der Waals surface area (Å²) in [5, 5.41) is 3.65. The Balaban J connectivity index is 2.47. The maximum absolute atomic E-state index is 11.9. The van der Waals surface area contributed by atoms with Crippen LogP contribution in [0.25, 0.3) is 10.9 Å². The molecule has 0 spiro atoms. The average molecular weight is 288 g/mol. The number of Topliss-reactive ketones (excluding diaryl/α,β-unsaturated/α-hetero) is 1. The summed E-state index contributed by atoms with van der Waals surface area (Å²) in [6.07, 6.45) is 2.61. The Bertz CT molecular complexity index is 673. The van der Waals surface area contributed by atoms with Crippen molar-refractivity contribution in [2.24, 2.45) is 0 Å². The lowest BCUT2D eigenvalue weighted by Crippen LogP contribution is -2.27. The lowest BCUT2D eigenvalue weighted by Gasteiger charge is -2.09. The second-order valence-electron chi connectivity index (χ2n) is 4.93. The van der Waals surface area contributed by atoms with Crippen LogP contribution in [0.4, 0.5) is 0 Å². The van der Waals surface area contributed by atoms with Crippen molar-refractivity contribution in [2.75, 3.05) is 13.7 Å². The largest absolute Gasteiger partial charge is 0.495 e. The number of nitrogens with one attached hydrogen (secondary N) is 1. The maximum Gasteiger partial charge on any atom is 0.239 e. The minimum absolute atomic E-state index is 0.0269. The third kappa shape index (κ3) is 3.07. The minimum atomic E-state index is -0.0743. The van der Waals surface area contributed by atoms with Crippen LogP contribution in [0.15, 0.2) is 24.4 Å². The van der Waals surface area contributed by atoms with Crippen molar-refractivity contribution in [3.05, 3.63) is 30.0 Å². The zero-order valence-corrected chi connectivity index (χ0v) is 12.6. The van der Waals surface area contributed by atoms with Gasteiger partial charge in [0.15, 0.2) is 5.78 Å². The Labute approximate surface area is 123 Å². The number of para-hydroxylation sites is 1. The van der Waals surface area contributed by atoms with Crippen LogP contribution >= 0.6 is 0 Å². The molecule has 1 aromatic carbocycles. The summed E-state index contributed by atoms with van der Waals surface area (Å²) < 4.78 is 7.13. The molecular weight excluding hydrogens is 268 g/mol. The standard InChI is InChI=1S/C16H20N2O3/c1-4-8-17-15(20)10-18-9-13(11(2)19)12-6-5-7-14(21-3)16(12)18/h5-7,9H,4,8,10H2,1-3H3,(H,17,20). The van der Waals surface area contributed by atoms with Crippen molar-refractivity contribution >= 4 is 22.6 Å². The number of ketones is 1. The number of benzene rings is 1. The summed E-state index contributed by atoms with van der Waals surface area (Å²) in [7, 11) is 1.58. The minimum Gasteiger partial charge on any atom is -0.495 e. The Hall–Kier alpha value is -2.30. The van der Waals surface area contributed by atoms with Crippen LogP contribution < -0.4 is 10.1 Å². The van der Waals surface area contributed by atoms with Crippen LogP contribution in [0.5, 0.6) is 5.75 Å². The Kier molecular flexibility index (Phi) is 4.62. The lowest BCUT2D eigenvalue weighted by atomic mass is 10.1. The number of amides is 1. The highest BCUT2D eigenvalue weighted by atomic mass is 16.5. The van der Waals surface area contributed by atoms with Gasteiger partial charge < -0.3 is 14.6 Å². The van der Waals surface area contributed by atoms with Gasteiger partial charge in [-0.05, 0) is 19.4 Å². The third-order valence-corrected chi connectivity index (χ3v) is 3.35. The molecule has 0 radical (unpaired) electrons. The first-order chi connectivity index (χ1) is 10.1. The first kappa shape index (κ1) is 15.1. The van der Waals surface area contributed by atoms with Crippen LogP contribution in [0.1, 0.15) is 30.6 Å². The zero-order chi connectivity index (χ0) is 15.4. The zero-order valence-electron chi connectivity index (χ0n) is 12.6. The topological polar surface area (TPSA) is 60.3 Å². The molecule has 0 atom stereocenters. The normalized spacial score (nSPS) is 10.6. The van der Waals surface area contributed by atoms with Crippen molar-refractivity contribution in [3.8, 4) is 5.75 Å². The van der Waals surface area contributed by atoms with E-state index in [0.717, 1.165) is 17.3 Å². The van der Waals surface area contributed by atoms with Gasteiger partial charge in [0.05, 0.1) is 12.6 Å². The van der Waals surface area contributed by atoms with E-state index in [0.29, 0.717) is 17.9 Å². The lowest BCUT2D eigenvalue weighted by molar-refractivity contribution is -0.121. The number of aromatic nitrogens is 1. The van der Waals surface area contributed by atoms with E-state index in [1.165, 1.54) is 6.92 Å². The van der Waals surface area contributed by atoms with E-state index >= 15 is 0 Å². The molecule has 0 saturated carbocycles. The van der Waals surface area contributed by atoms with Crippen LogP contribution in [-0.4, -0.2) is 29.9 Å². The van der Waals surface area contributed by atoms with E-state index in [4.69, 9.17) is 4.74 Å². The summed E-state index contributed by atoms with van der Waals surface area (Å²) in [5.74, 6) is 0.555. The van der Waals surface area contributed by atoms with Gasteiger partial charge >= 0.3 is 0 Å². The molecule has 0 bridgehead atoms. The highest BCUT2D eigenvalue weighted by Crippen LogP contribution is 2.30. The summed E-state index contributed by atoms with van der Waals surface area (Å²) >= 11 is 0. The predicted octanol–water partition coefficient (Wildman–Crippen LogP) is 2.38. The fourth-order valence-electron chi connectivity index (χ4n) is 2.37. The maximum atomic E-state index is 11.9. The molecule has 112 valence electrons. The predicted molar refractivity (Wildman–Crippen MR) is 81.8 cm³/mol. The number of ether oxygens (including phenoxy) is 1. The van der Waals surface area contributed by atoms with Gasteiger partial charge in [-0.15, -0.1) is 0 Å². The second-order valence-corrected chi connectivity index (χ2v) is 4.93. The monoisotopic (exact) mass is 288 g/mol. The molecule has 0 saturated heterocycles. The van der Waals surface area contributed by atoms with Gasteiger partial charge in [-0.25, -0.2) is 0 Å². The first-order valence-electron chi connectivity index (χ1n) is 7.02. The van der Waals surface area contributed by atoms with E-state index < -0.39 is 0 Å². The number of nitrogens with zero attached hydrogens (tertiary/aromatic N) is 1. The number of hydrogen-bond acceptors (Lipinski definition) is 3. The highest BCUT2D eigenvalue weighted by molar-refractivity contribution is 6.08. The smallest absolute Gasteiger partial charge is 0.239 e. The molecule has 1 aromatic heterocycles. The van der Waals surface area contributed by atoms with Gasteiger partial charge in [-0.1, -0.05) is 19.1 Å². The van der Waals surface area contributed by atoms with E-state index in [1.54, 1.807) is 17.9 Å². The van der Waals surface area contributed by atoms with Crippen LogP contribution in [0.2, 0.25) is 0 Å². The van der Waals surface area contributed by atoms with Crippen LogP contribution in [-0.2, 0) is 11.3 Å². The molecule has 2 rings (SSSR count). The number of carbonyl (C=O) groups is 2. The molecule has 0 unspecified atom stereocenters. The number of hydrogen-bond donors (Lipinski definition) is 1. The van der Waals surface area contributed by atoms with Crippen LogP contribution in [0.3, 0.4) is 0 Å². The Morgan fingerprint density at radius 1 is 1.33 bits per heavy atom. The summed E-state index contributed by atoms with van der Waals surface area (Å²) in [6, 6.07) is 5.54. The molecule has 1 heterocycles. The van der Waals surface area contributed by atoms with E-state index in [9.17, 15) is 9.59 Å². The molecule has 0 aliphatic rings. The molecule has 21 heavy (non-hydrogen) atoms. The third-order valence-electron chi connectivity index (χ3n) is 3.35. The summed E-state index contributed by atoms with van der Waals surface area (Å²) in [5.41, 5.74) is 1.38. The quantitative estimate of drug-likeness (QED) is 0.830. The number of carbonyl (C=O) groups excluding carboxylic acids is 2. The van der Waals surface area contributed by atoms with Crippen molar-refractivity contribution in [1.82, 2.24) is 9.88 Å². The van der Waals surface area contributed by atoms with Gasteiger partial charge in [-0.2, -0.15) is 0 Å². The van der Waals surface area contributed by atoms with Crippen molar-refractivity contribution in [3.63, 3.8) is 0 Å². The molecular formula is C16H20N2O3. The SMILES string of the molecule is CCCNC(=O)Cn1cc(C(C)=O)c2cccc(OC)c21. The van der Waals surface area contributed by atoms with Gasteiger partial charge in [0.25, 0.3) is 0 Å². The molecule has 1 amide bonds. The molecule has 5 heteroatoms. The highest BCUT2D eigenvalue weighted by Gasteiger charge is 2.16. The molecule has 5 nitrogen and oxygen atoms in total. The van der Waals surface area contributed by atoms with E-state index in [-0.39, 0.29) is 18.2 Å².